The standard InChI is InChI=1S/C20H21ClN2O3/c21-16-7-3-13(4-8-16)10-14-5-6-15(19(22)25)11-18(14)20(26)23-9-1-2-17(24)12-23/h3-8,11,17,24H,1-2,9-10,12H2,(H2,22,25). The fraction of sp³-hybridized carbons (Fsp3) is 0.300. The molecule has 1 heterocycles. The summed E-state index contributed by atoms with van der Waals surface area (Å²) in [5.41, 5.74) is 7.95. The van der Waals surface area contributed by atoms with Gasteiger partial charge in [0.05, 0.1) is 6.10 Å². The fourth-order valence-corrected chi connectivity index (χ4v) is 3.34. The van der Waals surface area contributed by atoms with Crippen molar-refractivity contribution in [2.24, 2.45) is 5.73 Å². The van der Waals surface area contributed by atoms with E-state index >= 15 is 0 Å². The molecule has 136 valence electrons. The van der Waals surface area contributed by atoms with Gasteiger partial charge in [0.2, 0.25) is 5.91 Å². The first kappa shape index (κ1) is 18.4. The molecule has 2 aromatic rings. The quantitative estimate of drug-likeness (QED) is 0.865. The molecule has 3 rings (SSSR count). The number of carbonyl (C=O) groups excluding carboxylic acids is 2. The van der Waals surface area contributed by atoms with Crippen LogP contribution in [-0.2, 0) is 6.42 Å². The van der Waals surface area contributed by atoms with Crippen molar-refractivity contribution in [2.75, 3.05) is 13.1 Å². The summed E-state index contributed by atoms with van der Waals surface area (Å²) in [6, 6.07) is 12.4. The Morgan fingerprint density at radius 2 is 1.92 bits per heavy atom. The first-order valence-electron chi connectivity index (χ1n) is 8.58. The predicted molar refractivity (Wildman–Crippen MR) is 100 cm³/mol. The van der Waals surface area contributed by atoms with Gasteiger partial charge in [-0.05, 0) is 54.7 Å². The molecule has 1 aliphatic heterocycles. The average Bonchev–Trinajstić information content (AvgIpc) is 2.63. The molecule has 0 aromatic heterocycles. The molecule has 6 heteroatoms. The Labute approximate surface area is 157 Å². The third-order valence-corrected chi connectivity index (χ3v) is 4.87. The van der Waals surface area contributed by atoms with Crippen LogP contribution >= 0.6 is 11.6 Å². The number of hydrogen-bond acceptors (Lipinski definition) is 3. The number of amides is 2. The highest BCUT2D eigenvalue weighted by Gasteiger charge is 2.25. The Bertz CT molecular complexity index is 820. The van der Waals surface area contributed by atoms with Crippen molar-refractivity contribution in [3.8, 4) is 0 Å². The Morgan fingerprint density at radius 1 is 1.19 bits per heavy atom. The van der Waals surface area contributed by atoms with Crippen LogP contribution in [0.25, 0.3) is 0 Å². The van der Waals surface area contributed by atoms with E-state index in [1.165, 1.54) is 0 Å². The van der Waals surface area contributed by atoms with Gasteiger partial charge in [-0.25, -0.2) is 0 Å². The van der Waals surface area contributed by atoms with Gasteiger partial charge in [-0.3, -0.25) is 9.59 Å². The molecule has 0 saturated carbocycles. The highest BCUT2D eigenvalue weighted by molar-refractivity contribution is 6.30. The number of aliphatic hydroxyl groups is 1. The van der Waals surface area contributed by atoms with Crippen LogP contribution in [0, 0.1) is 0 Å². The molecular weight excluding hydrogens is 352 g/mol. The van der Waals surface area contributed by atoms with E-state index in [0.717, 1.165) is 17.5 Å². The van der Waals surface area contributed by atoms with E-state index in [1.807, 2.05) is 12.1 Å². The van der Waals surface area contributed by atoms with Crippen LogP contribution in [0.15, 0.2) is 42.5 Å². The largest absolute Gasteiger partial charge is 0.391 e. The number of β-amino-alcohol motifs (C(OH)–C–C–N with tert-alkyl or cyclic N) is 1. The van der Waals surface area contributed by atoms with Gasteiger partial charge >= 0.3 is 0 Å². The molecular formula is C20H21ClN2O3. The fourth-order valence-electron chi connectivity index (χ4n) is 3.21. The molecule has 2 amide bonds. The minimum Gasteiger partial charge on any atom is -0.391 e. The van der Waals surface area contributed by atoms with Crippen LogP contribution in [0.5, 0.6) is 0 Å². The summed E-state index contributed by atoms with van der Waals surface area (Å²) in [6.07, 6.45) is 1.48. The smallest absolute Gasteiger partial charge is 0.254 e. The molecule has 0 spiro atoms. The van der Waals surface area contributed by atoms with Gasteiger partial charge in [-0.15, -0.1) is 0 Å². The number of carbonyl (C=O) groups is 2. The van der Waals surface area contributed by atoms with E-state index in [9.17, 15) is 14.7 Å². The molecule has 1 atom stereocenters. The summed E-state index contributed by atoms with van der Waals surface area (Å²) < 4.78 is 0. The number of aliphatic hydroxyl groups excluding tert-OH is 1. The first-order valence-corrected chi connectivity index (χ1v) is 8.96. The van der Waals surface area contributed by atoms with Crippen molar-refractivity contribution in [2.45, 2.75) is 25.4 Å². The van der Waals surface area contributed by atoms with Gasteiger partial charge in [0.1, 0.15) is 0 Å². The zero-order valence-corrected chi connectivity index (χ0v) is 15.1. The van der Waals surface area contributed by atoms with E-state index in [2.05, 4.69) is 0 Å². The summed E-state index contributed by atoms with van der Waals surface area (Å²) in [6.45, 7) is 0.900. The van der Waals surface area contributed by atoms with Crippen molar-refractivity contribution in [3.63, 3.8) is 0 Å². The van der Waals surface area contributed by atoms with Crippen molar-refractivity contribution in [1.82, 2.24) is 4.90 Å². The van der Waals surface area contributed by atoms with Gasteiger partial charge < -0.3 is 15.7 Å². The molecule has 1 saturated heterocycles. The van der Waals surface area contributed by atoms with Crippen LogP contribution in [0.4, 0.5) is 0 Å². The summed E-state index contributed by atoms with van der Waals surface area (Å²) >= 11 is 5.93. The van der Waals surface area contributed by atoms with Crippen molar-refractivity contribution in [1.29, 1.82) is 0 Å². The maximum Gasteiger partial charge on any atom is 0.254 e. The number of nitrogens with two attached hydrogens (primary N) is 1. The summed E-state index contributed by atoms with van der Waals surface area (Å²) in [5, 5.41) is 10.5. The van der Waals surface area contributed by atoms with E-state index in [1.54, 1.807) is 35.2 Å². The summed E-state index contributed by atoms with van der Waals surface area (Å²) in [7, 11) is 0. The molecule has 1 aliphatic rings. The van der Waals surface area contributed by atoms with Crippen molar-refractivity contribution >= 4 is 23.4 Å². The third kappa shape index (κ3) is 4.23. The molecule has 3 N–H and O–H groups in total. The monoisotopic (exact) mass is 372 g/mol. The number of halogens is 1. The number of likely N-dealkylation sites (tertiary alicyclic amines) is 1. The lowest BCUT2D eigenvalue weighted by atomic mass is 9.96. The number of benzene rings is 2. The van der Waals surface area contributed by atoms with E-state index in [-0.39, 0.29) is 5.91 Å². The highest BCUT2D eigenvalue weighted by atomic mass is 35.5. The first-order chi connectivity index (χ1) is 12.4. The zero-order valence-electron chi connectivity index (χ0n) is 14.3. The Hall–Kier alpha value is -2.37. The molecule has 1 fully saturated rings. The number of nitrogens with zero attached hydrogens (tertiary/aromatic N) is 1. The van der Waals surface area contributed by atoms with Crippen LogP contribution in [0.2, 0.25) is 5.02 Å². The topological polar surface area (TPSA) is 83.6 Å². The van der Waals surface area contributed by atoms with Gasteiger partial charge in [0.25, 0.3) is 5.91 Å². The van der Waals surface area contributed by atoms with Crippen molar-refractivity contribution < 1.29 is 14.7 Å². The Balaban J connectivity index is 1.94. The van der Waals surface area contributed by atoms with Gasteiger partial charge in [-0.2, -0.15) is 0 Å². The van der Waals surface area contributed by atoms with Crippen LogP contribution in [-0.4, -0.2) is 41.0 Å². The lowest BCUT2D eigenvalue weighted by Crippen LogP contribution is -2.42. The second kappa shape index (κ2) is 7.89. The Kier molecular flexibility index (Phi) is 5.59. The molecule has 1 unspecified atom stereocenters. The molecule has 5 nitrogen and oxygen atoms in total. The van der Waals surface area contributed by atoms with E-state index in [4.69, 9.17) is 17.3 Å². The second-order valence-electron chi connectivity index (χ2n) is 6.59. The van der Waals surface area contributed by atoms with Gasteiger partial charge in [0, 0.05) is 29.2 Å². The van der Waals surface area contributed by atoms with Gasteiger partial charge in [-0.1, -0.05) is 29.8 Å². The number of rotatable bonds is 4. The molecule has 0 bridgehead atoms. The van der Waals surface area contributed by atoms with E-state index < -0.39 is 12.0 Å². The third-order valence-electron chi connectivity index (χ3n) is 4.62. The molecule has 0 radical (unpaired) electrons. The highest BCUT2D eigenvalue weighted by Crippen LogP contribution is 2.21. The number of primary amides is 1. The summed E-state index contributed by atoms with van der Waals surface area (Å²) in [4.78, 5) is 26.2. The average molecular weight is 373 g/mol. The molecule has 26 heavy (non-hydrogen) atoms. The SMILES string of the molecule is NC(=O)c1ccc(Cc2ccc(Cl)cc2)c(C(=O)N2CCCC(O)C2)c1. The maximum atomic E-state index is 13.0. The molecule has 0 aliphatic carbocycles. The lowest BCUT2D eigenvalue weighted by Gasteiger charge is -2.30. The zero-order chi connectivity index (χ0) is 18.7. The normalized spacial score (nSPS) is 17.2. The van der Waals surface area contributed by atoms with Crippen LogP contribution in [0.1, 0.15) is 44.7 Å². The number of hydrogen-bond donors (Lipinski definition) is 2. The lowest BCUT2D eigenvalue weighted by molar-refractivity contribution is 0.0473. The summed E-state index contributed by atoms with van der Waals surface area (Å²) in [5.74, 6) is -0.758. The minimum absolute atomic E-state index is 0.184. The van der Waals surface area contributed by atoms with E-state index in [0.29, 0.717) is 42.1 Å². The minimum atomic E-state index is -0.573. The Morgan fingerprint density at radius 3 is 2.58 bits per heavy atom. The molecule has 2 aromatic carbocycles. The van der Waals surface area contributed by atoms with Gasteiger partial charge in [0.15, 0.2) is 0 Å². The predicted octanol–water partition coefficient (Wildman–Crippen LogP) is 2.63. The van der Waals surface area contributed by atoms with Crippen LogP contribution < -0.4 is 5.73 Å². The van der Waals surface area contributed by atoms with Crippen molar-refractivity contribution in [3.05, 3.63) is 69.7 Å². The second-order valence-corrected chi connectivity index (χ2v) is 7.02. The van der Waals surface area contributed by atoms with Crippen LogP contribution in [0.3, 0.4) is 0 Å². The number of piperidine rings is 1. The maximum absolute atomic E-state index is 13.0.